The van der Waals surface area contributed by atoms with Crippen molar-refractivity contribution in [3.05, 3.63) is 0 Å². The summed E-state index contributed by atoms with van der Waals surface area (Å²) in [5, 5.41) is 2.89. The summed E-state index contributed by atoms with van der Waals surface area (Å²) in [4.78, 5) is 11.2. The van der Waals surface area contributed by atoms with E-state index in [2.05, 4.69) is 11.2 Å². The van der Waals surface area contributed by atoms with Gasteiger partial charge in [-0.25, -0.2) is 0 Å². The van der Waals surface area contributed by atoms with Crippen LogP contribution in [0.5, 0.6) is 0 Å². The quantitative estimate of drug-likeness (QED) is 0.562. The van der Waals surface area contributed by atoms with Crippen LogP contribution in [0.1, 0.15) is 19.3 Å². The second-order valence-corrected chi connectivity index (χ2v) is 3.72. The Kier molecular flexibility index (Phi) is 4.24. The van der Waals surface area contributed by atoms with Crippen LogP contribution in [0.2, 0.25) is 0 Å². The minimum Gasteiger partial charge on any atom is -0.381 e. The summed E-state index contributed by atoms with van der Waals surface area (Å²) in [5.74, 6) is 2.41. The van der Waals surface area contributed by atoms with E-state index in [1.54, 1.807) is 0 Å². The lowest BCUT2D eigenvalue weighted by atomic mass is 9.87. The molecule has 1 heterocycles. The molecule has 1 rings (SSSR count). The van der Waals surface area contributed by atoms with Crippen molar-refractivity contribution < 1.29 is 9.53 Å². The van der Waals surface area contributed by atoms with Crippen molar-refractivity contribution in [2.75, 3.05) is 19.1 Å². The number of halogens is 1. The molecule has 0 unspecified atom stereocenters. The van der Waals surface area contributed by atoms with Crippen LogP contribution in [-0.4, -0.2) is 30.5 Å². The molecular weight excluding hydrogens is 202 g/mol. The highest BCUT2D eigenvalue weighted by molar-refractivity contribution is 6.27. The lowest BCUT2D eigenvalue weighted by Gasteiger charge is -2.36. The zero-order valence-corrected chi connectivity index (χ0v) is 8.77. The molecule has 78 valence electrons. The van der Waals surface area contributed by atoms with E-state index in [0.717, 1.165) is 12.8 Å². The molecule has 0 aromatic heterocycles. The van der Waals surface area contributed by atoms with Gasteiger partial charge in [-0.1, -0.05) is 0 Å². The first-order valence-corrected chi connectivity index (χ1v) is 5.14. The van der Waals surface area contributed by atoms with E-state index in [9.17, 15) is 4.79 Å². The Labute approximate surface area is 89.1 Å². The Morgan fingerprint density at radius 1 is 1.57 bits per heavy atom. The first kappa shape index (κ1) is 11.4. The highest BCUT2D eigenvalue weighted by Crippen LogP contribution is 2.23. The maximum atomic E-state index is 11.2. The number of nitrogens with one attached hydrogen (secondary N) is 1. The molecule has 3 nitrogen and oxygen atoms in total. The number of alkyl halides is 1. The van der Waals surface area contributed by atoms with Gasteiger partial charge in [-0.3, -0.25) is 4.79 Å². The molecule has 0 radical (unpaired) electrons. The Hall–Kier alpha value is -0.720. The van der Waals surface area contributed by atoms with Crippen LogP contribution in [-0.2, 0) is 9.53 Å². The second-order valence-electron chi connectivity index (χ2n) is 3.46. The molecule has 1 aliphatic rings. The average Bonchev–Trinajstić information content (AvgIpc) is 2.19. The summed E-state index contributed by atoms with van der Waals surface area (Å²) in [5.41, 5.74) is -0.293. The lowest BCUT2D eigenvalue weighted by Crippen LogP contribution is -2.52. The van der Waals surface area contributed by atoms with Crippen LogP contribution in [0.25, 0.3) is 0 Å². The summed E-state index contributed by atoms with van der Waals surface area (Å²) in [6.07, 6.45) is 7.35. The molecule has 0 bridgehead atoms. The molecule has 0 aromatic carbocycles. The van der Waals surface area contributed by atoms with Gasteiger partial charge in [0.2, 0.25) is 5.91 Å². The molecule has 1 N–H and O–H groups in total. The SMILES string of the molecule is C#CCC1(NC(=O)CCl)CCOCC1. The molecular formula is C10H14ClNO2. The molecule has 4 heteroatoms. The molecule has 14 heavy (non-hydrogen) atoms. The number of ether oxygens (including phenoxy) is 1. The van der Waals surface area contributed by atoms with Gasteiger partial charge in [0, 0.05) is 19.6 Å². The normalized spacial score (nSPS) is 19.7. The van der Waals surface area contributed by atoms with Gasteiger partial charge in [-0.2, -0.15) is 0 Å². The van der Waals surface area contributed by atoms with Gasteiger partial charge in [-0.15, -0.1) is 23.9 Å². The molecule has 1 aliphatic heterocycles. The highest BCUT2D eigenvalue weighted by Gasteiger charge is 2.32. The van der Waals surface area contributed by atoms with Gasteiger partial charge in [0.05, 0.1) is 5.54 Å². The van der Waals surface area contributed by atoms with Crippen molar-refractivity contribution >= 4 is 17.5 Å². The third kappa shape index (κ3) is 2.90. The van der Waals surface area contributed by atoms with Crippen LogP contribution >= 0.6 is 11.6 Å². The zero-order valence-electron chi connectivity index (χ0n) is 8.01. The highest BCUT2D eigenvalue weighted by atomic mass is 35.5. The Morgan fingerprint density at radius 2 is 2.21 bits per heavy atom. The minimum atomic E-state index is -0.293. The van der Waals surface area contributed by atoms with Gasteiger partial charge in [0.1, 0.15) is 5.88 Å². The first-order chi connectivity index (χ1) is 6.72. The molecule has 1 amide bonds. The molecule has 0 atom stereocenters. The predicted octanol–water partition coefficient (Wildman–Crippen LogP) is 0.914. The predicted molar refractivity (Wildman–Crippen MR) is 55.1 cm³/mol. The zero-order chi connectivity index (χ0) is 10.4. The molecule has 0 aromatic rings. The Morgan fingerprint density at radius 3 is 2.71 bits per heavy atom. The third-order valence-corrected chi connectivity index (χ3v) is 2.66. The summed E-state index contributed by atoms with van der Waals surface area (Å²) < 4.78 is 5.23. The fourth-order valence-electron chi connectivity index (χ4n) is 1.63. The number of rotatable bonds is 3. The van der Waals surface area contributed by atoms with Gasteiger partial charge in [-0.05, 0) is 12.8 Å². The van der Waals surface area contributed by atoms with Crippen LogP contribution < -0.4 is 5.32 Å². The molecule has 1 saturated heterocycles. The molecule has 0 saturated carbocycles. The Bertz CT molecular complexity index is 241. The number of carbonyl (C=O) groups is 1. The van der Waals surface area contributed by atoms with E-state index in [0.29, 0.717) is 19.6 Å². The smallest absolute Gasteiger partial charge is 0.235 e. The van der Waals surface area contributed by atoms with Crippen LogP contribution in [0.15, 0.2) is 0 Å². The van der Waals surface area contributed by atoms with E-state index in [1.807, 2.05) is 0 Å². The summed E-state index contributed by atoms with van der Waals surface area (Å²) in [6.45, 7) is 1.29. The van der Waals surface area contributed by atoms with Gasteiger partial charge < -0.3 is 10.1 Å². The number of amides is 1. The second kappa shape index (κ2) is 5.23. The summed E-state index contributed by atoms with van der Waals surface area (Å²) in [7, 11) is 0. The average molecular weight is 216 g/mol. The first-order valence-electron chi connectivity index (χ1n) is 4.61. The van der Waals surface area contributed by atoms with Crippen LogP contribution in [0, 0.1) is 12.3 Å². The van der Waals surface area contributed by atoms with Gasteiger partial charge in [0.25, 0.3) is 0 Å². The standard InChI is InChI=1S/C10H14ClNO2/c1-2-3-10(12-9(13)8-11)4-6-14-7-5-10/h1H,3-8H2,(H,12,13). The number of hydrogen-bond acceptors (Lipinski definition) is 2. The minimum absolute atomic E-state index is 0.0207. The monoisotopic (exact) mass is 215 g/mol. The molecule has 0 spiro atoms. The van der Waals surface area contributed by atoms with Crippen molar-refractivity contribution in [2.24, 2.45) is 0 Å². The fraction of sp³-hybridized carbons (Fsp3) is 0.700. The van der Waals surface area contributed by atoms with Crippen molar-refractivity contribution in [1.82, 2.24) is 5.32 Å². The maximum absolute atomic E-state index is 11.2. The van der Waals surface area contributed by atoms with Crippen molar-refractivity contribution in [2.45, 2.75) is 24.8 Å². The molecule has 1 fully saturated rings. The largest absolute Gasteiger partial charge is 0.381 e. The number of hydrogen-bond donors (Lipinski definition) is 1. The van der Waals surface area contributed by atoms with E-state index in [4.69, 9.17) is 22.8 Å². The summed E-state index contributed by atoms with van der Waals surface area (Å²) in [6, 6.07) is 0. The fourth-order valence-corrected chi connectivity index (χ4v) is 1.70. The van der Waals surface area contributed by atoms with Crippen LogP contribution in [0.4, 0.5) is 0 Å². The third-order valence-electron chi connectivity index (χ3n) is 2.42. The van der Waals surface area contributed by atoms with Crippen molar-refractivity contribution in [1.29, 1.82) is 0 Å². The number of terminal acetylenes is 1. The number of carbonyl (C=O) groups excluding carboxylic acids is 1. The van der Waals surface area contributed by atoms with E-state index in [-0.39, 0.29) is 17.3 Å². The lowest BCUT2D eigenvalue weighted by molar-refractivity contribution is -0.121. The van der Waals surface area contributed by atoms with Crippen LogP contribution in [0.3, 0.4) is 0 Å². The van der Waals surface area contributed by atoms with Crippen molar-refractivity contribution in [3.8, 4) is 12.3 Å². The van der Waals surface area contributed by atoms with Gasteiger partial charge >= 0.3 is 0 Å². The van der Waals surface area contributed by atoms with E-state index < -0.39 is 0 Å². The van der Waals surface area contributed by atoms with E-state index >= 15 is 0 Å². The van der Waals surface area contributed by atoms with Crippen molar-refractivity contribution in [3.63, 3.8) is 0 Å². The summed E-state index contributed by atoms with van der Waals surface area (Å²) >= 11 is 5.44. The topological polar surface area (TPSA) is 38.3 Å². The van der Waals surface area contributed by atoms with Gasteiger partial charge in [0.15, 0.2) is 0 Å². The maximum Gasteiger partial charge on any atom is 0.235 e. The Balaban J connectivity index is 2.61. The molecule has 0 aliphatic carbocycles. The van der Waals surface area contributed by atoms with E-state index in [1.165, 1.54) is 0 Å².